The summed E-state index contributed by atoms with van der Waals surface area (Å²) < 4.78 is 40.2. The topological polar surface area (TPSA) is 138 Å². The average Bonchev–Trinajstić information content (AvgIpc) is 3.35. The summed E-state index contributed by atoms with van der Waals surface area (Å²) in [6.07, 6.45) is 3.06. The van der Waals surface area contributed by atoms with E-state index in [1.165, 1.54) is 0 Å². The number of ether oxygens (including phenoxy) is 1. The van der Waals surface area contributed by atoms with Crippen molar-refractivity contribution in [2.45, 2.75) is 51.0 Å². The molecule has 0 aliphatic rings. The minimum absolute atomic E-state index is 0.123. The molecular weight excluding hydrogens is 456 g/mol. The SMILES string of the molecule is COCCc1nc2c(N)nc3ccccc3c2n1CCCCCNS(=O)(=O)c1c(C)noc1C. The molecule has 10 nitrogen and oxygen atoms in total. The summed E-state index contributed by atoms with van der Waals surface area (Å²) in [5.74, 6) is 1.61. The Kier molecular flexibility index (Phi) is 7.15. The number of hydrogen-bond acceptors (Lipinski definition) is 8. The Morgan fingerprint density at radius 3 is 2.68 bits per heavy atom. The van der Waals surface area contributed by atoms with Gasteiger partial charge in [0.1, 0.15) is 21.9 Å². The van der Waals surface area contributed by atoms with Crippen molar-refractivity contribution in [2.24, 2.45) is 0 Å². The smallest absolute Gasteiger partial charge is 0.245 e. The fraction of sp³-hybridized carbons (Fsp3) is 0.435. The number of imidazole rings is 1. The van der Waals surface area contributed by atoms with Crippen LogP contribution in [0.25, 0.3) is 21.9 Å². The highest BCUT2D eigenvalue weighted by atomic mass is 32.2. The van der Waals surface area contributed by atoms with E-state index in [2.05, 4.69) is 19.4 Å². The normalized spacial score (nSPS) is 12.2. The summed E-state index contributed by atoms with van der Waals surface area (Å²) in [7, 11) is -1.97. The third-order valence-corrected chi connectivity index (χ3v) is 7.51. The van der Waals surface area contributed by atoms with Crippen LogP contribution >= 0.6 is 0 Å². The lowest BCUT2D eigenvalue weighted by Gasteiger charge is -2.11. The number of nitrogens with zero attached hydrogens (tertiary/aromatic N) is 4. The van der Waals surface area contributed by atoms with E-state index >= 15 is 0 Å². The number of hydrogen-bond donors (Lipinski definition) is 2. The molecule has 0 spiro atoms. The standard InChI is InChI=1S/C23H30N6O4S/c1-15-22(16(2)33-28-15)34(30,31)25-12-7-4-8-13-29-19(11-14-32-3)27-20-21(29)17-9-5-6-10-18(17)26-23(20)24/h5-6,9-10,25H,4,7-8,11-14H2,1-3H3,(H2,24,26). The van der Waals surface area contributed by atoms with Crippen LogP contribution in [0.5, 0.6) is 0 Å². The molecule has 0 saturated carbocycles. The second kappa shape index (κ2) is 10.1. The predicted octanol–water partition coefficient (Wildman–Crippen LogP) is 3.11. The molecule has 11 heteroatoms. The molecular formula is C23H30N6O4S. The van der Waals surface area contributed by atoms with Gasteiger partial charge in [-0.05, 0) is 32.8 Å². The van der Waals surface area contributed by atoms with Crippen LogP contribution in [0.3, 0.4) is 0 Å². The number of unbranched alkanes of at least 4 members (excludes halogenated alkanes) is 2. The Balaban J connectivity index is 1.46. The molecule has 4 aromatic rings. The van der Waals surface area contributed by atoms with Crippen LogP contribution in [0.2, 0.25) is 0 Å². The van der Waals surface area contributed by atoms with Crippen molar-refractivity contribution in [1.82, 2.24) is 24.4 Å². The summed E-state index contributed by atoms with van der Waals surface area (Å²) in [5, 5.41) is 4.73. The number of nitrogens with two attached hydrogens (primary N) is 1. The molecule has 0 aliphatic carbocycles. The first-order chi connectivity index (χ1) is 16.3. The van der Waals surface area contributed by atoms with Gasteiger partial charge >= 0.3 is 0 Å². The number of anilines is 1. The average molecular weight is 487 g/mol. The summed E-state index contributed by atoms with van der Waals surface area (Å²) >= 11 is 0. The largest absolute Gasteiger partial charge is 0.384 e. The van der Waals surface area contributed by atoms with Crippen molar-refractivity contribution >= 4 is 37.8 Å². The maximum atomic E-state index is 12.5. The molecule has 0 fully saturated rings. The van der Waals surface area contributed by atoms with Crippen LogP contribution in [-0.4, -0.2) is 48.4 Å². The number of pyridine rings is 1. The van der Waals surface area contributed by atoms with Crippen LogP contribution < -0.4 is 10.5 Å². The van der Waals surface area contributed by atoms with Crippen LogP contribution in [0.1, 0.15) is 36.5 Å². The van der Waals surface area contributed by atoms with E-state index in [9.17, 15) is 8.42 Å². The Labute approximate surface area is 198 Å². The quantitative estimate of drug-likeness (QED) is 0.308. The predicted molar refractivity (Wildman–Crippen MR) is 130 cm³/mol. The van der Waals surface area contributed by atoms with Gasteiger partial charge in [-0.15, -0.1) is 0 Å². The van der Waals surface area contributed by atoms with Crippen LogP contribution in [0, 0.1) is 13.8 Å². The number of nitrogen functional groups attached to an aromatic ring is 1. The number of rotatable bonds is 11. The number of fused-ring (bicyclic) bond motifs is 3. The van der Waals surface area contributed by atoms with E-state index in [0.717, 1.165) is 41.6 Å². The molecule has 1 aromatic carbocycles. The monoisotopic (exact) mass is 486 g/mol. The van der Waals surface area contributed by atoms with E-state index in [1.807, 2.05) is 24.3 Å². The molecule has 3 N–H and O–H groups in total. The van der Waals surface area contributed by atoms with Gasteiger partial charge in [-0.3, -0.25) is 0 Å². The van der Waals surface area contributed by atoms with E-state index < -0.39 is 10.0 Å². The minimum atomic E-state index is -3.64. The third kappa shape index (κ3) is 4.77. The first-order valence-electron chi connectivity index (χ1n) is 11.3. The zero-order chi connectivity index (χ0) is 24.3. The van der Waals surface area contributed by atoms with Gasteiger partial charge < -0.3 is 19.6 Å². The highest BCUT2D eigenvalue weighted by Gasteiger charge is 2.23. The number of para-hydroxylation sites is 1. The molecule has 0 amide bonds. The van der Waals surface area contributed by atoms with Gasteiger partial charge in [0.05, 0.1) is 17.6 Å². The fourth-order valence-electron chi connectivity index (χ4n) is 4.24. The number of aryl methyl sites for hydroxylation is 3. The third-order valence-electron chi connectivity index (χ3n) is 5.81. The highest BCUT2D eigenvalue weighted by molar-refractivity contribution is 7.89. The van der Waals surface area contributed by atoms with Crippen molar-refractivity contribution in [1.29, 1.82) is 0 Å². The molecule has 3 heterocycles. The lowest BCUT2D eigenvalue weighted by molar-refractivity contribution is 0.199. The van der Waals surface area contributed by atoms with Crippen LogP contribution in [0.4, 0.5) is 5.82 Å². The Morgan fingerprint density at radius 1 is 1.15 bits per heavy atom. The lowest BCUT2D eigenvalue weighted by atomic mass is 10.1. The summed E-state index contributed by atoms with van der Waals surface area (Å²) in [6.45, 7) is 4.84. The van der Waals surface area contributed by atoms with Crippen molar-refractivity contribution in [3.63, 3.8) is 0 Å². The van der Waals surface area contributed by atoms with E-state index in [-0.39, 0.29) is 4.90 Å². The zero-order valence-corrected chi connectivity index (χ0v) is 20.5. The van der Waals surface area contributed by atoms with Crippen molar-refractivity contribution in [3.05, 3.63) is 41.5 Å². The molecule has 34 heavy (non-hydrogen) atoms. The van der Waals surface area contributed by atoms with Gasteiger partial charge in [-0.1, -0.05) is 29.8 Å². The lowest BCUT2D eigenvalue weighted by Crippen LogP contribution is -2.25. The summed E-state index contributed by atoms with van der Waals surface area (Å²) in [4.78, 5) is 9.41. The number of aromatic nitrogens is 4. The Bertz CT molecular complexity index is 1390. The van der Waals surface area contributed by atoms with E-state index in [4.69, 9.17) is 20.0 Å². The molecule has 4 rings (SSSR count). The zero-order valence-electron chi connectivity index (χ0n) is 19.7. The van der Waals surface area contributed by atoms with Crippen molar-refractivity contribution in [2.75, 3.05) is 26.0 Å². The molecule has 0 unspecified atom stereocenters. The maximum absolute atomic E-state index is 12.5. The number of methoxy groups -OCH3 is 1. The van der Waals surface area contributed by atoms with Gasteiger partial charge in [0, 0.05) is 32.0 Å². The highest BCUT2D eigenvalue weighted by Crippen LogP contribution is 2.29. The molecule has 3 aromatic heterocycles. The number of nitrogens with one attached hydrogen (secondary N) is 1. The van der Waals surface area contributed by atoms with Crippen molar-refractivity contribution < 1.29 is 17.7 Å². The van der Waals surface area contributed by atoms with Crippen LogP contribution in [-0.2, 0) is 27.7 Å². The summed E-state index contributed by atoms with van der Waals surface area (Å²) in [5.41, 5.74) is 9.12. The second-order valence-electron chi connectivity index (χ2n) is 8.25. The van der Waals surface area contributed by atoms with Gasteiger partial charge in [0.2, 0.25) is 10.0 Å². The van der Waals surface area contributed by atoms with Gasteiger partial charge in [-0.2, -0.15) is 0 Å². The van der Waals surface area contributed by atoms with Gasteiger partial charge in [0.15, 0.2) is 11.6 Å². The minimum Gasteiger partial charge on any atom is -0.384 e. The second-order valence-corrected chi connectivity index (χ2v) is 9.95. The number of sulfonamides is 1. The fourth-order valence-corrected chi connectivity index (χ4v) is 5.64. The Hall–Kier alpha value is -3.02. The first-order valence-corrected chi connectivity index (χ1v) is 12.8. The van der Waals surface area contributed by atoms with Crippen molar-refractivity contribution in [3.8, 4) is 0 Å². The first kappa shape index (κ1) is 24.1. The molecule has 0 atom stereocenters. The van der Waals surface area contributed by atoms with Crippen LogP contribution in [0.15, 0.2) is 33.7 Å². The molecule has 182 valence electrons. The molecule has 0 aliphatic heterocycles. The maximum Gasteiger partial charge on any atom is 0.245 e. The molecule has 0 saturated heterocycles. The van der Waals surface area contributed by atoms with E-state index in [1.54, 1.807) is 21.0 Å². The molecule has 0 bridgehead atoms. The van der Waals surface area contributed by atoms with Gasteiger partial charge in [0.25, 0.3) is 0 Å². The Morgan fingerprint density at radius 2 is 1.94 bits per heavy atom. The number of benzene rings is 1. The van der Waals surface area contributed by atoms with E-state index in [0.29, 0.717) is 48.8 Å². The molecule has 0 radical (unpaired) electrons. The van der Waals surface area contributed by atoms with Gasteiger partial charge in [-0.25, -0.2) is 23.1 Å². The summed E-state index contributed by atoms with van der Waals surface area (Å²) in [6, 6.07) is 7.90.